The van der Waals surface area contributed by atoms with Crippen molar-refractivity contribution in [2.24, 2.45) is 0 Å². The number of fused-ring (bicyclic) bond motifs is 1. The minimum absolute atomic E-state index is 0.0388. The van der Waals surface area contributed by atoms with Crippen LogP contribution in [0.25, 0.3) is 0 Å². The van der Waals surface area contributed by atoms with Gasteiger partial charge in [0.25, 0.3) is 5.91 Å². The van der Waals surface area contributed by atoms with Crippen molar-refractivity contribution in [2.75, 3.05) is 19.3 Å². The fourth-order valence-corrected chi connectivity index (χ4v) is 3.91. The molecule has 0 radical (unpaired) electrons. The Bertz CT molecular complexity index is 679. The van der Waals surface area contributed by atoms with Gasteiger partial charge in [0.15, 0.2) is 0 Å². The van der Waals surface area contributed by atoms with Gasteiger partial charge in [-0.15, -0.1) is 0 Å². The molecule has 0 aliphatic carbocycles. The van der Waals surface area contributed by atoms with E-state index in [9.17, 15) is 13.2 Å². The molecule has 1 aromatic carbocycles. The lowest BCUT2D eigenvalue weighted by Gasteiger charge is -2.30. The second-order valence-corrected chi connectivity index (χ2v) is 7.98. The Balaban J connectivity index is 1.59. The maximum atomic E-state index is 12.3. The summed E-state index contributed by atoms with van der Waals surface area (Å²) in [5, 5.41) is 6.28. The number of nitrogens with zero attached hydrogens (tertiary/aromatic N) is 1. The lowest BCUT2D eigenvalue weighted by molar-refractivity contribution is 0.0924. The second-order valence-electron chi connectivity index (χ2n) is 6.00. The highest BCUT2D eigenvalue weighted by atomic mass is 32.2. The van der Waals surface area contributed by atoms with Gasteiger partial charge in [-0.25, -0.2) is 12.7 Å². The van der Waals surface area contributed by atoms with Crippen LogP contribution in [0, 0.1) is 0 Å². The van der Waals surface area contributed by atoms with Crippen molar-refractivity contribution in [1.29, 1.82) is 0 Å². The van der Waals surface area contributed by atoms with Gasteiger partial charge < -0.3 is 10.6 Å². The summed E-state index contributed by atoms with van der Waals surface area (Å²) in [5.41, 5.74) is 3.10. The summed E-state index contributed by atoms with van der Waals surface area (Å²) in [6.45, 7) is 2.61. The number of carbonyl (C=O) groups is 1. The highest BCUT2D eigenvalue weighted by Gasteiger charge is 2.26. The molecule has 2 aliphatic heterocycles. The van der Waals surface area contributed by atoms with Crippen molar-refractivity contribution in [3.63, 3.8) is 0 Å². The minimum Gasteiger partial charge on any atom is -0.349 e. The van der Waals surface area contributed by atoms with Gasteiger partial charge in [0.1, 0.15) is 0 Å². The van der Waals surface area contributed by atoms with Gasteiger partial charge in [-0.1, -0.05) is 6.07 Å². The predicted octanol–water partition coefficient (Wildman–Crippen LogP) is 0.444. The minimum atomic E-state index is -3.12. The number of hydrogen-bond donors (Lipinski definition) is 2. The van der Waals surface area contributed by atoms with Crippen LogP contribution in [-0.2, 0) is 23.1 Å². The van der Waals surface area contributed by atoms with Crippen LogP contribution in [0.3, 0.4) is 0 Å². The molecular weight excluding hydrogens is 302 g/mol. The molecule has 6 nitrogen and oxygen atoms in total. The summed E-state index contributed by atoms with van der Waals surface area (Å²) in [7, 11) is -3.12. The molecule has 0 bridgehead atoms. The standard InChI is InChI=1S/C15H21N3O3S/c1-22(20,21)18-6-4-14(5-7-18)17-15(19)11-2-3-12-9-16-10-13(12)8-11/h2-3,8,14,16H,4-7,9-10H2,1H3,(H,17,19). The second kappa shape index (κ2) is 5.98. The molecule has 22 heavy (non-hydrogen) atoms. The number of hydrogen-bond acceptors (Lipinski definition) is 4. The van der Waals surface area contributed by atoms with Gasteiger partial charge in [-0.3, -0.25) is 4.79 Å². The van der Waals surface area contributed by atoms with Crippen LogP contribution in [0.2, 0.25) is 0 Å². The lowest BCUT2D eigenvalue weighted by Crippen LogP contribution is -2.46. The number of rotatable bonds is 3. The van der Waals surface area contributed by atoms with E-state index < -0.39 is 10.0 Å². The first-order valence-electron chi connectivity index (χ1n) is 7.52. The zero-order valence-corrected chi connectivity index (χ0v) is 13.4. The van der Waals surface area contributed by atoms with Crippen LogP contribution in [-0.4, -0.2) is 44.0 Å². The Hall–Kier alpha value is -1.44. The van der Waals surface area contributed by atoms with E-state index in [0.29, 0.717) is 31.5 Å². The molecule has 120 valence electrons. The summed E-state index contributed by atoms with van der Waals surface area (Å²) in [4.78, 5) is 12.3. The molecule has 0 atom stereocenters. The van der Waals surface area contributed by atoms with Crippen LogP contribution in [0.5, 0.6) is 0 Å². The van der Waals surface area contributed by atoms with E-state index in [1.807, 2.05) is 18.2 Å². The molecule has 0 spiro atoms. The number of piperidine rings is 1. The topological polar surface area (TPSA) is 78.5 Å². The van der Waals surface area contributed by atoms with Crippen molar-refractivity contribution in [2.45, 2.75) is 32.0 Å². The molecule has 0 saturated carbocycles. The van der Waals surface area contributed by atoms with E-state index in [4.69, 9.17) is 0 Å². The Kier molecular flexibility index (Phi) is 4.20. The molecule has 2 N–H and O–H groups in total. The number of benzene rings is 1. The average Bonchev–Trinajstić information content (AvgIpc) is 2.94. The fraction of sp³-hybridized carbons (Fsp3) is 0.533. The fourth-order valence-electron chi connectivity index (χ4n) is 3.04. The van der Waals surface area contributed by atoms with Crippen molar-refractivity contribution in [3.05, 3.63) is 34.9 Å². The maximum absolute atomic E-state index is 12.3. The molecule has 2 heterocycles. The summed E-state index contributed by atoms with van der Waals surface area (Å²) >= 11 is 0. The number of amides is 1. The van der Waals surface area contributed by atoms with Crippen LogP contribution in [0.4, 0.5) is 0 Å². The van der Waals surface area contributed by atoms with E-state index in [1.54, 1.807) is 0 Å². The Labute approximate surface area is 130 Å². The summed E-state index contributed by atoms with van der Waals surface area (Å²) in [6, 6.07) is 5.83. The van der Waals surface area contributed by atoms with E-state index in [0.717, 1.165) is 13.1 Å². The normalized spacial score (nSPS) is 19.9. The number of carbonyl (C=O) groups excluding carboxylic acids is 1. The Morgan fingerprint density at radius 3 is 2.59 bits per heavy atom. The molecule has 1 saturated heterocycles. The molecular formula is C15H21N3O3S. The van der Waals surface area contributed by atoms with Crippen molar-refractivity contribution < 1.29 is 13.2 Å². The molecule has 0 aromatic heterocycles. The third-order valence-electron chi connectivity index (χ3n) is 4.36. The molecule has 1 amide bonds. The van der Waals surface area contributed by atoms with Crippen LogP contribution < -0.4 is 10.6 Å². The third kappa shape index (κ3) is 3.31. The summed E-state index contributed by atoms with van der Waals surface area (Å²) in [6.07, 6.45) is 2.54. The van der Waals surface area contributed by atoms with E-state index in [-0.39, 0.29) is 11.9 Å². The third-order valence-corrected chi connectivity index (χ3v) is 5.66. The molecule has 7 heteroatoms. The monoisotopic (exact) mass is 323 g/mol. The highest BCUT2D eigenvalue weighted by Crippen LogP contribution is 2.18. The van der Waals surface area contributed by atoms with Gasteiger partial charge in [0, 0.05) is 37.8 Å². The highest BCUT2D eigenvalue weighted by molar-refractivity contribution is 7.88. The lowest BCUT2D eigenvalue weighted by atomic mass is 10.0. The number of nitrogens with one attached hydrogen (secondary N) is 2. The van der Waals surface area contributed by atoms with Gasteiger partial charge in [-0.05, 0) is 36.1 Å². The van der Waals surface area contributed by atoms with E-state index in [2.05, 4.69) is 10.6 Å². The molecule has 1 aromatic rings. The average molecular weight is 323 g/mol. The predicted molar refractivity (Wildman–Crippen MR) is 83.9 cm³/mol. The smallest absolute Gasteiger partial charge is 0.251 e. The van der Waals surface area contributed by atoms with Crippen LogP contribution in [0.1, 0.15) is 34.3 Å². The first-order valence-corrected chi connectivity index (χ1v) is 9.37. The van der Waals surface area contributed by atoms with Gasteiger partial charge in [-0.2, -0.15) is 0 Å². The van der Waals surface area contributed by atoms with Crippen molar-refractivity contribution in [1.82, 2.24) is 14.9 Å². The molecule has 1 fully saturated rings. The first-order chi connectivity index (χ1) is 10.4. The maximum Gasteiger partial charge on any atom is 0.251 e. The SMILES string of the molecule is CS(=O)(=O)N1CCC(NC(=O)c2ccc3c(c2)CNC3)CC1. The van der Waals surface area contributed by atoms with E-state index in [1.165, 1.54) is 21.7 Å². The summed E-state index contributed by atoms with van der Waals surface area (Å²) in [5.74, 6) is -0.0764. The quantitative estimate of drug-likeness (QED) is 0.846. The number of sulfonamides is 1. The van der Waals surface area contributed by atoms with Crippen LogP contribution in [0.15, 0.2) is 18.2 Å². The molecule has 2 aliphatic rings. The van der Waals surface area contributed by atoms with Crippen LogP contribution >= 0.6 is 0 Å². The molecule has 3 rings (SSSR count). The van der Waals surface area contributed by atoms with Gasteiger partial charge in [0.05, 0.1) is 6.26 Å². The first kappa shape index (κ1) is 15.5. The van der Waals surface area contributed by atoms with Crippen molar-refractivity contribution in [3.8, 4) is 0 Å². The largest absolute Gasteiger partial charge is 0.349 e. The van der Waals surface area contributed by atoms with Gasteiger partial charge in [0.2, 0.25) is 10.0 Å². The molecule has 0 unspecified atom stereocenters. The van der Waals surface area contributed by atoms with Crippen molar-refractivity contribution >= 4 is 15.9 Å². The zero-order chi connectivity index (χ0) is 15.7. The zero-order valence-electron chi connectivity index (χ0n) is 12.6. The Morgan fingerprint density at radius 1 is 1.23 bits per heavy atom. The van der Waals surface area contributed by atoms with E-state index >= 15 is 0 Å². The summed E-state index contributed by atoms with van der Waals surface area (Å²) < 4.78 is 24.4. The Morgan fingerprint density at radius 2 is 1.91 bits per heavy atom. The van der Waals surface area contributed by atoms with Gasteiger partial charge >= 0.3 is 0 Å².